The molecule has 0 aliphatic heterocycles. The molecule has 2 rings (SSSR count). The topological polar surface area (TPSA) is 49.4 Å². The molecule has 0 heterocycles. The van der Waals surface area contributed by atoms with Gasteiger partial charge in [0.15, 0.2) is 0 Å². The van der Waals surface area contributed by atoms with Crippen molar-refractivity contribution in [2.75, 3.05) is 5.75 Å². The van der Waals surface area contributed by atoms with Gasteiger partial charge in [0, 0.05) is 18.3 Å². The van der Waals surface area contributed by atoms with Gasteiger partial charge in [0.2, 0.25) is 11.8 Å². The van der Waals surface area contributed by atoms with Crippen LogP contribution in [0.15, 0.2) is 48.5 Å². The zero-order valence-electron chi connectivity index (χ0n) is 18.9. The first-order valence-electron chi connectivity index (χ1n) is 10.8. The Morgan fingerprint density at radius 1 is 1.06 bits per heavy atom. The number of carbonyl (C=O) groups is 2. The lowest BCUT2D eigenvalue weighted by molar-refractivity contribution is -0.139. The highest BCUT2D eigenvalue weighted by molar-refractivity contribution is 7.99. The predicted molar refractivity (Wildman–Crippen MR) is 126 cm³/mol. The number of hydrogen-bond acceptors (Lipinski definition) is 3. The largest absolute Gasteiger partial charge is 0.352 e. The van der Waals surface area contributed by atoms with Crippen LogP contribution in [0.1, 0.15) is 50.3 Å². The van der Waals surface area contributed by atoms with Gasteiger partial charge < -0.3 is 10.2 Å². The van der Waals surface area contributed by atoms with Crippen molar-refractivity contribution in [1.82, 2.24) is 10.2 Å². The normalized spacial score (nSPS) is 12.8. The summed E-state index contributed by atoms with van der Waals surface area (Å²) < 4.78 is 13.1. The summed E-state index contributed by atoms with van der Waals surface area (Å²) in [5, 5.41) is 3.03. The van der Waals surface area contributed by atoms with Crippen molar-refractivity contribution in [3.8, 4) is 0 Å². The first kappa shape index (κ1) is 24.9. The smallest absolute Gasteiger partial charge is 0.243 e. The van der Waals surface area contributed by atoms with Crippen molar-refractivity contribution in [2.24, 2.45) is 0 Å². The van der Waals surface area contributed by atoms with Gasteiger partial charge >= 0.3 is 0 Å². The van der Waals surface area contributed by atoms with Gasteiger partial charge in [-0.05, 0) is 55.5 Å². The van der Waals surface area contributed by atoms with E-state index in [1.54, 1.807) is 17.0 Å². The minimum Gasteiger partial charge on any atom is -0.352 e. The summed E-state index contributed by atoms with van der Waals surface area (Å²) in [5.41, 5.74) is 3.09. The van der Waals surface area contributed by atoms with Crippen LogP contribution >= 0.6 is 11.8 Å². The Balaban J connectivity index is 2.14. The Labute approximate surface area is 189 Å². The number of amides is 2. The Kier molecular flexibility index (Phi) is 10.0. The molecule has 31 heavy (non-hydrogen) atoms. The Morgan fingerprint density at radius 3 is 2.35 bits per heavy atom. The Bertz CT molecular complexity index is 857. The van der Waals surface area contributed by atoms with Crippen molar-refractivity contribution in [3.05, 3.63) is 71.0 Å². The van der Waals surface area contributed by atoms with E-state index < -0.39 is 6.04 Å². The van der Waals surface area contributed by atoms with Crippen molar-refractivity contribution in [2.45, 2.75) is 64.9 Å². The van der Waals surface area contributed by atoms with E-state index in [2.05, 4.69) is 5.32 Å². The maximum atomic E-state index is 13.2. The Morgan fingerprint density at radius 2 is 1.74 bits per heavy atom. The molecule has 0 bridgehead atoms. The van der Waals surface area contributed by atoms with Crippen LogP contribution in [0.3, 0.4) is 0 Å². The van der Waals surface area contributed by atoms with Gasteiger partial charge in [0.25, 0.3) is 0 Å². The molecule has 0 saturated carbocycles. The third-order valence-corrected chi connectivity index (χ3v) is 6.38. The fourth-order valence-corrected chi connectivity index (χ4v) is 4.12. The standard InChI is InChI=1S/C25H33FN2O2S/c1-5-19(4)27-25(30)23(6-2)28(15-21-10-8-7-9-18(21)3)24(29)17-31-16-20-11-13-22(26)14-12-20/h7-14,19,23H,5-6,15-17H2,1-4H3,(H,27,30)/t19-,23-/m1/s1. The zero-order chi connectivity index (χ0) is 22.8. The second-order valence-electron chi connectivity index (χ2n) is 7.81. The SMILES string of the molecule is CC[C@@H](C)NC(=O)[C@@H](CC)N(Cc1ccccc1C)C(=O)CSCc1ccc(F)cc1. The number of nitrogens with zero attached hydrogens (tertiary/aromatic N) is 1. The molecule has 0 aromatic heterocycles. The molecular weight excluding hydrogens is 411 g/mol. The van der Waals surface area contributed by atoms with E-state index in [4.69, 9.17) is 0 Å². The molecule has 0 spiro atoms. The number of rotatable bonds is 11. The van der Waals surface area contributed by atoms with E-state index in [1.807, 2.05) is 52.0 Å². The van der Waals surface area contributed by atoms with E-state index in [9.17, 15) is 14.0 Å². The number of benzene rings is 2. The highest BCUT2D eigenvalue weighted by atomic mass is 32.2. The molecule has 6 heteroatoms. The average molecular weight is 445 g/mol. The number of halogens is 1. The summed E-state index contributed by atoms with van der Waals surface area (Å²) in [7, 11) is 0. The fourth-order valence-electron chi connectivity index (χ4n) is 3.25. The average Bonchev–Trinajstić information content (AvgIpc) is 2.76. The number of aryl methyl sites for hydroxylation is 1. The van der Waals surface area contributed by atoms with Gasteiger partial charge in [0.1, 0.15) is 11.9 Å². The van der Waals surface area contributed by atoms with Crippen LogP contribution in [-0.2, 0) is 21.9 Å². The van der Waals surface area contributed by atoms with Crippen molar-refractivity contribution in [1.29, 1.82) is 0 Å². The van der Waals surface area contributed by atoms with E-state index in [0.29, 0.717) is 18.7 Å². The predicted octanol–water partition coefficient (Wildman–Crippen LogP) is 5.09. The van der Waals surface area contributed by atoms with Crippen LogP contribution in [0.5, 0.6) is 0 Å². The van der Waals surface area contributed by atoms with E-state index in [0.717, 1.165) is 23.1 Å². The molecule has 0 radical (unpaired) electrons. The van der Waals surface area contributed by atoms with Crippen LogP contribution in [0, 0.1) is 12.7 Å². The minimum absolute atomic E-state index is 0.0600. The molecule has 0 aliphatic rings. The summed E-state index contributed by atoms with van der Waals surface area (Å²) in [6, 6.07) is 13.8. The molecule has 0 fully saturated rings. The molecule has 2 aromatic rings. The lowest BCUT2D eigenvalue weighted by Crippen LogP contribution is -2.51. The minimum atomic E-state index is -0.521. The van der Waals surface area contributed by atoms with Gasteiger partial charge in [-0.2, -0.15) is 0 Å². The summed E-state index contributed by atoms with van der Waals surface area (Å²) in [6.07, 6.45) is 1.38. The first-order chi connectivity index (χ1) is 14.8. The summed E-state index contributed by atoms with van der Waals surface area (Å²) in [4.78, 5) is 27.9. The van der Waals surface area contributed by atoms with Crippen molar-refractivity contribution in [3.63, 3.8) is 0 Å². The van der Waals surface area contributed by atoms with E-state index in [-0.39, 0.29) is 29.4 Å². The van der Waals surface area contributed by atoms with E-state index in [1.165, 1.54) is 23.9 Å². The molecule has 2 amide bonds. The van der Waals surface area contributed by atoms with Gasteiger partial charge in [-0.1, -0.05) is 50.2 Å². The number of thioether (sulfide) groups is 1. The first-order valence-corrected chi connectivity index (χ1v) is 12.0. The zero-order valence-corrected chi connectivity index (χ0v) is 19.7. The molecule has 0 unspecified atom stereocenters. The van der Waals surface area contributed by atoms with E-state index >= 15 is 0 Å². The second-order valence-corrected chi connectivity index (χ2v) is 8.79. The molecule has 0 saturated heterocycles. The molecule has 1 N–H and O–H groups in total. The molecule has 2 atom stereocenters. The quantitative estimate of drug-likeness (QED) is 0.525. The molecule has 0 aliphatic carbocycles. The Hall–Kier alpha value is -2.34. The molecule has 168 valence electrons. The van der Waals surface area contributed by atoms with Crippen molar-refractivity contribution < 1.29 is 14.0 Å². The molecule has 4 nitrogen and oxygen atoms in total. The van der Waals surface area contributed by atoms with Crippen LogP contribution < -0.4 is 5.32 Å². The van der Waals surface area contributed by atoms with Crippen LogP contribution in [0.25, 0.3) is 0 Å². The van der Waals surface area contributed by atoms with Gasteiger partial charge in [-0.25, -0.2) is 4.39 Å². The third-order valence-electron chi connectivity index (χ3n) is 5.40. The molecular formula is C25H33FN2O2S. The van der Waals surface area contributed by atoms with Crippen LogP contribution in [0.4, 0.5) is 4.39 Å². The summed E-state index contributed by atoms with van der Waals surface area (Å²) in [5.74, 6) is 0.423. The highest BCUT2D eigenvalue weighted by Gasteiger charge is 2.29. The van der Waals surface area contributed by atoms with Crippen molar-refractivity contribution >= 4 is 23.6 Å². The summed E-state index contributed by atoms with van der Waals surface area (Å²) in [6.45, 7) is 8.34. The van der Waals surface area contributed by atoms with Gasteiger partial charge in [-0.3, -0.25) is 9.59 Å². The second kappa shape index (κ2) is 12.5. The number of nitrogens with one attached hydrogen (secondary N) is 1. The molecule has 2 aromatic carbocycles. The maximum Gasteiger partial charge on any atom is 0.243 e. The highest BCUT2D eigenvalue weighted by Crippen LogP contribution is 2.19. The van der Waals surface area contributed by atoms with Gasteiger partial charge in [0.05, 0.1) is 5.75 Å². The van der Waals surface area contributed by atoms with Crippen LogP contribution in [0.2, 0.25) is 0 Å². The van der Waals surface area contributed by atoms with Gasteiger partial charge in [-0.15, -0.1) is 11.8 Å². The third kappa shape index (κ3) is 7.69. The monoisotopic (exact) mass is 444 g/mol. The lowest BCUT2D eigenvalue weighted by Gasteiger charge is -2.32. The lowest BCUT2D eigenvalue weighted by atomic mass is 10.1. The number of carbonyl (C=O) groups excluding carboxylic acids is 2. The fraction of sp³-hybridized carbons (Fsp3) is 0.440. The number of hydrogen-bond donors (Lipinski definition) is 1. The van der Waals surface area contributed by atoms with Crippen LogP contribution in [-0.4, -0.2) is 34.6 Å². The maximum absolute atomic E-state index is 13.2. The summed E-state index contributed by atoms with van der Waals surface area (Å²) >= 11 is 1.48.